The Hall–Kier alpha value is -0.650. The van der Waals surface area contributed by atoms with Gasteiger partial charge in [0.25, 0.3) is 0 Å². The summed E-state index contributed by atoms with van der Waals surface area (Å²) in [4.78, 5) is 0. The Kier molecular flexibility index (Phi) is 4.01. The molecule has 2 aromatic heterocycles. The minimum atomic E-state index is 0.340. The Bertz CT molecular complexity index is 504. The molecule has 0 spiro atoms. The van der Waals surface area contributed by atoms with Gasteiger partial charge in [0.05, 0.1) is 9.48 Å². The van der Waals surface area contributed by atoms with Crippen molar-refractivity contribution in [3.05, 3.63) is 38.3 Å². The van der Waals surface area contributed by atoms with E-state index < -0.39 is 0 Å². The Morgan fingerprint density at radius 1 is 1.53 bits per heavy atom. The van der Waals surface area contributed by atoms with Gasteiger partial charge in [-0.25, -0.2) is 0 Å². The van der Waals surface area contributed by atoms with Crippen molar-refractivity contribution in [2.75, 3.05) is 7.05 Å². The molecule has 2 heterocycles. The van der Waals surface area contributed by atoms with Gasteiger partial charge in [0.1, 0.15) is 0 Å². The van der Waals surface area contributed by atoms with Gasteiger partial charge in [0, 0.05) is 25.2 Å². The van der Waals surface area contributed by atoms with Gasteiger partial charge in [-0.2, -0.15) is 5.10 Å². The largest absolute Gasteiger partial charge is 0.313 e. The summed E-state index contributed by atoms with van der Waals surface area (Å²) in [5.74, 6) is 0. The van der Waals surface area contributed by atoms with Crippen molar-refractivity contribution in [1.82, 2.24) is 15.1 Å². The molecule has 0 bridgehead atoms. The predicted octanol–water partition coefficient (Wildman–Crippen LogP) is 3.06. The third kappa shape index (κ3) is 2.97. The maximum atomic E-state index is 4.38. The lowest BCUT2D eigenvalue weighted by Crippen LogP contribution is -2.19. The lowest BCUT2D eigenvalue weighted by atomic mass is 10.1. The molecule has 0 fully saturated rings. The van der Waals surface area contributed by atoms with Gasteiger partial charge in [0.15, 0.2) is 0 Å². The van der Waals surface area contributed by atoms with Crippen LogP contribution < -0.4 is 5.32 Å². The molecule has 2 aromatic rings. The Morgan fingerprint density at radius 2 is 2.29 bits per heavy atom. The minimum absolute atomic E-state index is 0.340. The first-order chi connectivity index (χ1) is 8.10. The molecule has 0 radical (unpaired) electrons. The molecule has 92 valence electrons. The third-order valence-electron chi connectivity index (χ3n) is 2.85. The number of halogens is 1. The van der Waals surface area contributed by atoms with Crippen LogP contribution in [-0.4, -0.2) is 16.8 Å². The van der Waals surface area contributed by atoms with Crippen LogP contribution in [0.4, 0.5) is 0 Å². The summed E-state index contributed by atoms with van der Waals surface area (Å²) < 4.78 is 3.13. The van der Waals surface area contributed by atoms with Crippen molar-refractivity contribution in [2.24, 2.45) is 7.05 Å². The average molecular weight is 314 g/mol. The van der Waals surface area contributed by atoms with Crippen LogP contribution in [0.2, 0.25) is 0 Å². The summed E-state index contributed by atoms with van der Waals surface area (Å²) >= 11 is 5.23. The smallest absolute Gasteiger partial charge is 0.0701 e. The number of thiophene rings is 1. The molecule has 0 aliphatic rings. The first-order valence-electron chi connectivity index (χ1n) is 5.51. The predicted molar refractivity (Wildman–Crippen MR) is 75.5 cm³/mol. The molecular weight excluding hydrogens is 298 g/mol. The van der Waals surface area contributed by atoms with E-state index in [-0.39, 0.29) is 0 Å². The van der Waals surface area contributed by atoms with E-state index in [1.807, 2.05) is 25.7 Å². The number of hydrogen-bond acceptors (Lipinski definition) is 3. The molecular formula is C12H16BrN3S. The molecule has 0 aliphatic carbocycles. The summed E-state index contributed by atoms with van der Waals surface area (Å²) in [5.41, 5.74) is 3.65. The molecule has 0 aliphatic heterocycles. The lowest BCUT2D eigenvalue weighted by molar-refractivity contribution is 0.562. The van der Waals surface area contributed by atoms with Gasteiger partial charge in [-0.1, -0.05) is 0 Å². The van der Waals surface area contributed by atoms with Crippen molar-refractivity contribution in [3.63, 3.8) is 0 Å². The molecule has 0 saturated carbocycles. The van der Waals surface area contributed by atoms with Gasteiger partial charge < -0.3 is 5.32 Å². The first kappa shape index (κ1) is 12.8. The standard InChI is InChI=1S/C12H16BrN3S/c1-8-4-10(16(3)15-8)6-11(14-2)9-5-12(13)17-7-9/h4-5,7,11,14H,6H2,1-3H3. The Labute approximate surface area is 114 Å². The second-order valence-corrected chi connectivity index (χ2v) is 6.42. The second kappa shape index (κ2) is 5.33. The van der Waals surface area contributed by atoms with E-state index in [9.17, 15) is 0 Å². The number of hydrogen-bond donors (Lipinski definition) is 1. The van der Waals surface area contributed by atoms with Crippen LogP contribution >= 0.6 is 27.3 Å². The van der Waals surface area contributed by atoms with Crippen LogP contribution in [-0.2, 0) is 13.5 Å². The zero-order chi connectivity index (χ0) is 12.4. The highest BCUT2D eigenvalue weighted by Gasteiger charge is 2.14. The fraction of sp³-hybridized carbons (Fsp3) is 0.417. The maximum absolute atomic E-state index is 4.38. The third-order valence-corrected chi connectivity index (χ3v) is 4.37. The zero-order valence-electron chi connectivity index (χ0n) is 10.2. The van der Waals surface area contributed by atoms with Gasteiger partial charge >= 0.3 is 0 Å². The molecule has 0 amide bonds. The molecule has 5 heteroatoms. The number of aromatic nitrogens is 2. The lowest BCUT2D eigenvalue weighted by Gasteiger charge is -2.14. The summed E-state index contributed by atoms with van der Waals surface area (Å²) in [6.45, 7) is 2.03. The second-order valence-electron chi connectivity index (χ2n) is 4.13. The Balaban J connectivity index is 2.18. The van der Waals surface area contributed by atoms with Gasteiger partial charge in [-0.15, -0.1) is 11.3 Å². The van der Waals surface area contributed by atoms with Crippen LogP contribution in [0.5, 0.6) is 0 Å². The number of nitrogens with zero attached hydrogens (tertiary/aromatic N) is 2. The van der Waals surface area contributed by atoms with Gasteiger partial charge in [-0.05, 0) is 53.0 Å². The SMILES string of the molecule is CNC(Cc1cc(C)nn1C)c1csc(Br)c1. The summed E-state index contributed by atoms with van der Waals surface area (Å²) in [6, 6.07) is 4.66. The normalized spacial score (nSPS) is 12.9. The number of likely N-dealkylation sites (N-methyl/N-ethyl adjacent to an activating group) is 1. The first-order valence-corrected chi connectivity index (χ1v) is 7.18. The van der Waals surface area contributed by atoms with Gasteiger partial charge in [-0.3, -0.25) is 4.68 Å². The van der Waals surface area contributed by atoms with E-state index in [0.29, 0.717) is 6.04 Å². The maximum Gasteiger partial charge on any atom is 0.0701 e. The topological polar surface area (TPSA) is 29.9 Å². The highest BCUT2D eigenvalue weighted by molar-refractivity contribution is 9.11. The monoisotopic (exact) mass is 313 g/mol. The minimum Gasteiger partial charge on any atom is -0.313 e. The van der Waals surface area contributed by atoms with Crippen molar-refractivity contribution < 1.29 is 0 Å². The van der Waals surface area contributed by atoms with Crippen LogP contribution in [0, 0.1) is 6.92 Å². The number of rotatable bonds is 4. The van der Waals surface area contributed by atoms with Crippen LogP contribution in [0.25, 0.3) is 0 Å². The van der Waals surface area contributed by atoms with E-state index in [1.54, 1.807) is 11.3 Å². The molecule has 17 heavy (non-hydrogen) atoms. The van der Waals surface area contributed by atoms with Crippen molar-refractivity contribution in [3.8, 4) is 0 Å². The van der Waals surface area contributed by atoms with E-state index >= 15 is 0 Å². The van der Waals surface area contributed by atoms with E-state index in [2.05, 4.69) is 43.9 Å². The molecule has 1 unspecified atom stereocenters. The highest BCUT2D eigenvalue weighted by Crippen LogP contribution is 2.27. The van der Waals surface area contributed by atoms with Crippen LogP contribution in [0.1, 0.15) is 23.0 Å². The molecule has 1 N–H and O–H groups in total. The highest BCUT2D eigenvalue weighted by atomic mass is 79.9. The fourth-order valence-electron chi connectivity index (χ4n) is 1.96. The molecule has 0 aromatic carbocycles. The Morgan fingerprint density at radius 3 is 2.76 bits per heavy atom. The van der Waals surface area contributed by atoms with Crippen LogP contribution in [0.3, 0.4) is 0 Å². The van der Waals surface area contributed by atoms with Crippen molar-refractivity contribution in [2.45, 2.75) is 19.4 Å². The van der Waals surface area contributed by atoms with E-state index in [4.69, 9.17) is 0 Å². The number of nitrogens with one attached hydrogen (secondary N) is 1. The van der Waals surface area contributed by atoms with Crippen molar-refractivity contribution in [1.29, 1.82) is 0 Å². The summed E-state index contributed by atoms with van der Waals surface area (Å²) in [7, 11) is 4.00. The van der Waals surface area contributed by atoms with E-state index in [1.165, 1.54) is 15.0 Å². The average Bonchev–Trinajstić information content (AvgIpc) is 2.82. The molecule has 2 rings (SSSR count). The zero-order valence-corrected chi connectivity index (χ0v) is 12.6. The van der Waals surface area contributed by atoms with Crippen LogP contribution in [0.15, 0.2) is 21.3 Å². The van der Waals surface area contributed by atoms with Crippen molar-refractivity contribution >= 4 is 27.3 Å². The molecule has 0 saturated heterocycles. The fourth-order valence-corrected chi connectivity index (χ4v) is 3.19. The molecule has 1 atom stereocenters. The van der Waals surface area contributed by atoms with Gasteiger partial charge in [0.2, 0.25) is 0 Å². The summed E-state index contributed by atoms with van der Waals surface area (Å²) in [5, 5.41) is 9.93. The number of aryl methyl sites for hydroxylation is 2. The summed E-state index contributed by atoms with van der Waals surface area (Å²) in [6.07, 6.45) is 0.955. The quantitative estimate of drug-likeness (QED) is 0.940. The molecule has 3 nitrogen and oxygen atoms in total. The van der Waals surface area contributed by atoms with E-state index in [0.717, 1.165) is 12.1 Å².